The van der Waals surface area contributed by atoms with E-state index >= 15 is 0 Å². The van der Waals surface area contributed by atoms with Crippen LogP contribution in [0.1, 0.15) is 83.8 Å². The van der Waals surface area contributed by atoms with Gasteiger partial charge in [0.2, 0.25) is 0 Å². The summed E-state index contributed by atoms with van der Waals surface area (Å²) < 4.78 is 5.42. The number of hydrogen-bond acceptors (Lipinski definition) is 2. The molecule has 2 nitrogen and oxygen atoms in total. The van der Waals surface area contributed by atoms with Gasteiger partial charge in [-0.15, -0.1) is 0 Å². The number of methoxy groups -OCH3 is 1. The number of ether oxygens (including phenoxy) is 1. The SMILES string of the molecule is COc1ccc(C)c(CC[C@H]2C(=O)CC[C@]3(C)[C@@H]([C@H](C)CCC=C(C)C)CC[C@@H]23)c1. The van der Waals surface area contributed by atoms with Gasteiger partial charge in [-0.25, -0.2) is 0 Å². The summed E-state index contributed by atoms with van der Waals surface area (Å²) in [4.78, 5) is 13.0. The minimum Gasteiger partial charge on any atom is -0.497 e. The number of carbonyl (C=O) groups is 1. The van der Waals surface area contributed by atoms with Crippen LogP contribution in [0, 0.1) is 36.0 Å². The topological polar surface area (TPSA) is 26.3 Å². The fourth-order valence-electron chi connectivity index (χ4n) is 6.62. The number of fused-ring (bicyclic) bond motifs is 1. The van der Waals surface area contributed by atoms with E-state index in [1.165, 1.54) is 42.4 Å². The van der Waals surface area contributed by atoms with E-state index in [1.807, 2.05) is 6.07 Å². The number of rotatable bonds is 8. The lowest BCUT2D eigenvalue weighted by molar-refractivity contribution is -0.132. The Bertz CT molecular complexity index is 773. The number of ketones is 1. The lowest BCUT2D eigenvalue weighted by Gasteiger charge is -2.46. The molecule has 1 aromatic rings. The molecule has 0 unspecified atom stereocenters. The van der Waals surface area contributed by atoms with Gasteiger partial charge in [0, 0.05) is 12.3 Å². The van der Waals surface area contributed by atoms with Gasteiger partial charge < -0.3 is 4.74 Å². The molecule has 30 heavy (non-hydrogen) atoms. The van der Waals surface area contributed by atoms with Crippen molar-refractivity contribution >= 4 is 5.78 Å². The Morgan fingerprint density at radius 2 is 2.07 bits per heavy atom. The molecule has 5 atom stereocenters. The molecule has 0 saturated heterocycles. The summed E-state index contributed by atoms with van der Waals surface area (Å²) in [7, 11) is 1.72. The summed E-state index contributed by atoms with van der Waals surface area (Å²) in [5.74, 6) is 3.76. The smallest absolute Gasteiger partial charge is 0.136 e. The van der Waals surface area contributed by atoms with Crippen molar-refractivity contribution in [2.75, 3.05) is 7.11 Å². The Hall–Kier alpha value is -1.57. The van der Waals surface area contributed by atoms with Crippen LogP contribution in [0.4, 0.5) is 0 Å². The van der Waals surface area contributed by atoms with E-state index in [0.717, 1.165) is 43.3 Å². The van der Waals surface area contributed by atoms with Crippen molar-refractivity contribution in [2.24, 2.45) is 29.1 Å². The number of carbonyl (C=O) groups excluding carboxylic acids is 1. The lowest BCUT2D eigenvalue weighted by atomic mass is 9.58. The molecular weight excluding hydrogens is 368 g/mol. The first-order valence-electron chi connectivity index (χ1n) is 12.1. The van der Waals surface area contributed by atoms with Crippen LogP contribution in [0.15, 0.2) is 29.8 Å². The maximum absolute atomic E-state index is 13.0. The highest BCUT2D eigenvalue weighted by Gasteiger charge is 2.54. The molecule has 0 amide bonds. The van der Waals surface area contributed by atoms with Crippen LogP contribution in [0.25, 0.3) is 0 Å². The van der Waals surface area contributed by atoms with Gasteiger partial charge >= 0.3 is 0 Å². The van der Waals surface area contributed by atoms with Crippen LogP contribution in [-0.4, -0.2) is 12.9 Å². The quantitative estimate of drug-likeness (QED) is 0.419. The molecule has 0 aromatic heterocycles. The van der Waals surface area contributed by atoms with E-state index in [0.29, 0.717) is 17.1 Å². The van der Waals surface area contributed by atoms with Gasteiger partial charge in [-0.3, -0.25) is 4.79 Å². The Labute approximate surface area is 184 Å². The molecular formula is C28H42O2. The summed E-state index contributed by atoms with van der Waals surface area (Å²) in [6.07, 6.45) is 11.3. The van der Waals surface area contributed by atoms with Crippen LogP contribution in [0.2, 0.25) is 0 Å². The van der Waals surface area contributed by atoms with Crippen LogP contribution in [-0.2, 0) is 11.2 Å². The number of aryl methyl sites for hydroxylation is 2. The van der Waals surface area contributed by atoms with Gasteiger partial charge in [-0.05, 0) is 112 Å². The molecule has 0 spiro atoms. The first kappa shape index (κ1) is 23.1. The average molecular weight is 411 g/mol. The Kier molecular flexibility index (Phi) is 7.47. The largest absolute Gasteiger partial charge is 0.497 e. The van der Waals surface area contributed by atoms with Gasteiger partial charge in [-0.2, -0.15) is 0 Å². The van der Waals surface area contributed by atoms with Crippen molar-refractivity contribution < 1.29 is 9.53 Å². The van der Waals surface area contributed by atoms with Crippen molar-refractivity contribution in [1.29, 1.82) is 0 Å². The summed E-state index contributed by atoms with van der Waals surface area (Å²) in [6, 6.07) is 6.32. The van der Waals surface area contributed by atoms with E-state index in [2.05, 4.69) is 52.8 Å². The van der Waals surface area contributed by atoms with Gasteiger partial charge in [-0.1, -0.05) is 31.6 Å². The van der Waals surface area contributed by atoms with E-state index < -0.39 is 0 Å². The van der Waals surface area contributed by atoms with Crippen LogP contribution >= 0.6 is 0 Å². The first-order chi connectivity index (χ1) is 14.3. The lowest BCUT2D eigenvalue weighted by Crippen LogP contribution is -2.43. The summed E-state index contributed by atoms with van der Waals surface area (Å²) in [5, 5.41) is 0. The highest BCUT2D eigenvalue weighted by atomic mass is 16.5. The summed E-state index contributed by atoms with van der Waals surface area (Å²) in [6.45, 7) is 11.5. The fraction of sp³-hybridized carbons (Fsp3) is 0.679. The molecule has 2 aliphatic rings. The molecule has 166 valence electrons. The number of hydrogen-bond donors (Lipinski definition) is 0. The minimum absolute atomic E-state index is 0.240. The number of allylic oxidation sites excluding steroid dienone is 2. The molecule has 0 aliphatic heterocycles. The molecule has 2 fully saturated rings. The first-order valence-corrected chi connectivity index (χ1v) is 12.1. The second-order valence-corrected chi connectivity index (χ2v) is 10.5. The van der Waals surface area contributed by atoms with Gasteiger partial charge in [0.1, 0.15) is 11.5 Å². The zero-order chi connectivity index (χ0) is 21.9. The molecule has 2 aliphatic carbocycles. The normalized spacial score (nSPS) is 29.4. The second-order valence-electron chi connectivity index (χ2n) is 10.5. The molecule has 2 saturated carbocycles. The zero-order valence-electron chi connectivity index (χ0n) is 20.1. The fourth-order valence-corrected chi connectivity index (χ4v) is 6.62. The van der Waals surface area contributed by atoms with Crippen molar-refractivity contribution in [3.63, 3.8) is 0 Å². The Morgan fingerprint density at radius 3 is 2.77 bits per heavy atom. The molecule has 3 rings (SSSR count). The number of benzene rings is 1. The third-order valence-electron chi connectivity index (χ3n) is 8.43. The van der Waals surface area contributed by atoms with Crippen molar-refractivity contribution in [2.45, 2.75) is 86.0 Å². The number of Topliss-reactive ketones (excluding diaryl/α,β-unsaturated/α-hetero) is 1. The van der Waals surface area contributed by atoms with Crippen LogP contribution in [0.3, 0.4) is 0 Å². The van der Waals surface area contributed by atoms with Gasteiger partial charge in [0.05, 0.1) is 7.11 Å². The zero-order valence-corrected chi connectivity index (χ0v) is 20.1. The predicted molar refractivity (Wildman–Crippen MR) is 126 cm³/mol. The van der Waals surface area contributed by atoms with Crippen molar-refractivity contribution in [3.05, 3.63) is 41.0 Å². The highest BCUT2D eigenvalue weighted by Crippen LogP contribution is 2.59. The second kappa shape index (κ2) is 9.71. The Balaban J connectivity index is 1.70. The van der Waals surface area contributed by atoms with E-state index in [9.17, 15) is 4.79 Å². The highest BCUT2D eigenvalue weighted by molar-refractivity contribution is 5.82. The van der Waals surface area contributed by atoms with Crippen LogP contribution < -0.4 is 4.74 Å². The van der Waals surface area contributed by atoms with E-state index in [-0.39, 0.29) is 5.92 Å². The van der Waals surface area contributed by atoms with Crippen LogP contribution in [0.5, 0.6) is 5.75 Å². The molecule has 0 N–H and O–H groups in total. The Morgan fingerprint density at radius 1 is 1.30 bits per heavy atom. The van der Waals surface area contributed by atoms with Crippen molar-refractivity contribution in [3.8, 4) is 5.75 Å². The molecule has 0 radical (unpaired) electrons. The standard InChI is InChI=1S/C28H42O2/c1-19(2)8-7-9-21(4)25-14-15-26-24(27(29)16-17-28(25,26)5)13-11-22-18-23(30-6)12-10-20(22)3/h8,10,12,18,21,24-26H,7,9,11,13-17H2,1-6H3/t21-,24-,25-,26+,28-/m1/s1. The van der Waals surface area contributed by atoms with Gasteiger partial charge in [0.25, 0.3) is 0 Å². The summed E-state index contributed by atoms with van der Waals surface area (Å²) in [5.41, 5.74) is 4.40. The third kappa shape index (κ3) is 4.84. The van der Waals surface area contributed by atoms with E-state index in [4.69, 9.17) is 4.74 Å². The van der Waals surface area contributed by atoms with E-state index in [1.54, 1.807) is 7.11 Å². The minimum atomic E-state index is 0.240. The third-order valence-corrected chi connectivity index (χ3v) is 8.43. The predicted octanol–water partition coefficient (Wildman–Crippen LogP) is 7.33. The molecule has 0 bridgehead atoms. The monoisotopic (exact) mass is 410 g/mol. The average Bonchev–Trinajstić information content (AvgIpc) is 3.05. The molecule has 2 heteroatoms. The summed E-state index contributed by atoms with van der Waals surface area (Å²) >= 11 is 0. The maximum atomic E-state index is 13.0. The van der Waals surface area contributed by atoms with Crippen molar-refractivity contribution in [1.82, 2.24) is 0 Å². The molecule has 1 aromatic carbocycles. The van der Waals surface area contributed by atoms with Gasteiger partial charge in [0.15, 0.2) is 0 Å². The maximum Gasteiger partial charge on any atom is 0.136 e. The molecule has 0 heterocycles.